The fraction of sp³-hybridized carbons (Fsp3) is 0.429. The second kappa shape index (κ2) is 7.94. The number of carbonyl (C=O) groups is 2. The Labute approximate surface area is 122 Å². The summed E-state index contributed by atoms with van der Waals surface area (Å²) in [7, 11) is 0. The van der Waals surface area contributed by atoms with E-state index in [2.05, 4.69) is 26.6 Å². The molecule has 104 valence electrons. The molecule has 1 aromatic carbocycles. The van der Waals surface area contributed by atoms with Crippen molar-refractivity contribution in [1.29, 1.82) is 0 Å². The van der Waals surface area contributed by atoms with Gasteiger partial charge in [-0.3, -0.25) is 9.59 Å². The molecule has 0 unspecified atom stereocenters. The Morgan fingerprint density at radius 2 is 1.89 bits per heavy atom. The van der Waals surface area contributed by atoms with E-state index in [0.717, 1.165) is 10.9 Å². The summed E-state index contributed by atoms with van der Waals surface area (Å²) in [4.78, 5) is 23.3. The Balaban J connectivity index is 2.31. The van der Waals surface area contributed by atoms with Crippen molar-refractivity contribution in [2.24, 2.45) is 0 Å². The summed E-state index contributed by atoms with van der Waals surface area (Å²) in [5.74, 6) is -0.200. The summed E-state index contributed by atoms with van der Waals surface area (Å²) in [5, 5.41) is 5.58. The Bertz CT molecular complexity index is 432. The average molecular weight is 327 g/mol. The molecule has 0 spiro atoms. The van der Waals surface area contributed by atoms with Gasteiger partial charge in [-0.25, -0.2) is 0 Å². The predicted octanol–water partition coefficient (Wildman–Crippen LogP) is 2.48. The van der Waals surface area contributed by atoms with E-state index < -0.39 is 0 Å². The zero-order valence-corrected chi connectivity index (χ0v) is 12.8. The first kappa shape index (κ1) is 15.7. The molecule has 1 aromatic rings. The Hall–Kier alpha value is -1.36. The van der Waals surface area contributed by atoms with Gasteiger partial charge < -0.3 is 10.6 Å². The highest BCUT2D eigenvalue weighted by Gasteiger charge is 2.07. The number of benzene rings is 1. The molecular weight excluding hydrogens is 308 g/mol. The third-order valence-electron chi connectivity index (χ3n) is 2.76. The highest BCUT2D eigenvalue weighted by Crippen LogP contribution is 2.10. The number of hydrogen-bond acceptors (Lipinski definition) is 2. The summed E-state index contributed by atoms with van der Waals surface area (Å²) in [6.45, 7) is 4.32. The molecule has 0 saturated carbocycles. The van der Waals surface area contributed by atoms with Gasteiger partial charge >= 0.3 is 0 Å². The summed E-state index contributed by atoms with van der Waals surface area (Å²) in [6, 6.07) is 7.27. The highest BCUT2D eigenvalue weighted by molar-refractivity contribution is 9.10. The van der Waals surface area contributed by atoms with Crippen molar-refractivity contribution in [1.82, 2.24) is 10.6 Å². The van der Waals surface area contributed by atoms with E-state index in [9.17, 15) is 9.59 Å². The molecule has 4 nitrogen and oxygen atoms in total. The van der Waals surface area contributed by atoms with E-state index >= 15 is 0 Å². The summed E-state index contributed by atoms with van der Waals surface area (Å²) in [6.07, 6.45) is 1.20. The summed E-state index contributed by atoms with van der Waals surface area (Å²) < 4.78 is 0.928. The molecular formula is C14H19BrN2O2. The normalized spacial score (nSPS) is 11.7. The van der Waals surface area contributed by atoms with Crippen molar-refractivity contribution in [2.45, 2.75) is 32.7 Å². The third-order valence-corrected chi connectivity index (χ3v) is 3.29. The SMILES string of the molecule is CC[C@H](C)NC(=O)CCNC(=O)c1ccc(Br)cc1. The molecule has 0 aliphatic carbocycles. The second-order valence-corrected chi connectivity index (χ2v) is 5.31. The second-order valence-electron chi connectivity index (χ2n) is 4.39. The van der Waals surface area contributed by atoms with E-state index in [-0.39, 0.29) is 17.9 Å². The lowest BCUT2D eigenvalue weighted by molar-refractivity contribution is -0.121. The molecule has 0 aromatic heterocycles. The molecule has 0 aliphatic rings. The van der Waals surface area contributed by atoms with E-state index in [0.29, 0.717) is 18.5 Å². The van der Waals surface area contributed by atoms with Gasteiger partial charge in [0.1, 0.15) is 0 Å². The van der Waals surface area contributed by atoms with Crippen LogP contribution in [-0.2, 0) is 4.79 Å². The van der Waals surface area contributed by atoms with Gasteiger partial charge in [-0.2, -0.15) is 0 Å². The largest absolute Gasteiger partial charge is 0.354 e. The van der Waals surface area contributed by atoms with Gasteiger partial charge in [0, 0.05) is 29.0 Å². The molecule has 0 fully saturated rings. The molecule has 2 N–H and O–H groups in total. The average Bonchev–Trinajstić information content (AvgIpc) is 2.39. The number of halogens is 1. The topological polar surface area (TPSA) is 58.2 Å². The molecule has 0 bridgehead atoms. The van der Waals surface area contributed by atoms with Crippen molar-refractivity contribution in [3.05, 3.63) is 34.3 Å². The van der Waals surface area contributed by atoms with Gasteiger partial charge in [0.15, 0.2) is 0 Å². The van der Waals surface area contributed by atoms with Crippen LogP contribution in [0.5, 0.6) is 0 Å². The minimum Gasteiger partial charge on any atom is -0.354 e. The quantitative estimate of drug-likeness (QED) is 0.843. The number of rotatable bonds is 6. The van der Waals surface area contributed by atoms with Gasteiger partial charge in [-0.15, -0.1) is 0 Å². The maximum Gasteiger partial charge on any atom is 0.251 e. The number of carbonyl (C=O) groups excluding carboxylic acids is 2. The van der Waals surface area contributed by atoms with Crippen molar-refractivity contribution >= 4 is 27.7 Å². The maximum atomic E-state index is 11.8. The zero-order valence-electron chi connectivity index (χ0n) is 11.2. The van der Waals surface area contributed by atoms with Crippen LogP contribution in [0, 0.1) is 0 Å². The zero-order chi connectivity index (χ0) is 14.3. The first-order valence-corrected chi connectivity index (χ1v) is 7.15. The maximum absolute atomic E-state index is 11.8. The monoisotopic (exact) mass is 326 g/mol. The number of amides is 2. The van der Waals surface area contributed by atoms with E-state index in [1.807, 2.05) is 26.0 Å². The van der Waals surface area contributed by atoms with E-state index in [1.54, 1.807) is 12.1 Å². The van der Waals surface area contributed by atoms with Crippen LogP contribution in [0.15, 0.2) is 28.7 Å². The number of hydrogen-bond donors (Lipinski definition) is 2. The fourth-order valence-electron chi connectivity index (χ4n) is 1.44. The minimum absolute atomic E-state index is 0.0366. The summed E-state index contributed by atoms with van der Waals surface area (Å²) in [5.41, 5.74) is 0.588. The first-order valence-electron chi connectivity index (χ1n) is 6.36. The Kier molecular flexibility index (Phi) is 6.56. The molecule has 0 saturated heterocycles. The van der Waals surface area contributed by atoms with Gasteiger partial charge in [0.2, 0.25) is 5.91 Å². The van der Waals surface area contributed by atoms with Crippen LogP contribution < -0.4 is 10.6 Å². The first-order chi connectivity index (χ1) is 9.02. The van der Waals surface area contributed by atoms with Crippen LogP contribution >= 0.6 is 15.9 Å². The van der Waals surface area contributed by atoms with Crippen LogP contribution in [0.1, 0.15) is 37.0 Å². The lowest BCUT2D eigenvalue weighted by atomic mass is 10.2. The molecule has 0 heterocycles. The highest BCUT2D eigenvalue weighted by atomic mass is 79.9. The lowest BCUT2D eigenvalue weighted by Crippen LogP contribution is -2.35. The third kappa shape index (κ3) is 5.87. The van der Waals surface area contributed by atoms with E-state index in [4.69, 9.17) is 0 Å². The van der Waals surface area contributed by atoms with Gasteiger partial charge in [0.05, 0.1) is 0 Å². The minimum atomic E-state index is -0.163. The molecule has 5 heteroatoms. The van der Waals surface area contributed by atoms with Gasteiger partial charge in [0.25, 0.3) is 5.91 Å². The molecule has 0 aliphatic heterocycles. The fourth-order valence-corrected chi connectivity index (χ4v) is 1.71. The molecule has 1 atom stereocenters. The Morgan fingerprint density at radius 1 is 1.26 bits per heavy atom. The van der Waals surface area contributed by atoms with Crippen LogP contribution in [0.4, 0.5) is 0 Å². The van der Waals surface area contributed by atoms with Crippen molar-refractivity contribution in [3.63, 3.8) is 0 Å². The molecule has 1 rings (SSSR count). The van der Waals surface area contributed by atoms with Crippen LogP contribution in [-0.4, -0.2) is 24.4 Å². The molecule has 0 radical (unpaired) electrons. The number of nitrogens with one attached hydrogen (secondary N) is 2. The summed E-state index contributed by atoms with van der Waals surface area (Å²) >= 11 is 3.31. The van der Waals surface area contributed by atoms with Gasteiger partial charge in [-0.05, 0) is 37.6 Å². The van der Waals surface area contributed by atoms with Crippen LogP contribution in [0.25, 0.3) is 0 Å². The Morgan fingerprint density at radius 3 is 2.47 bits per heavy atom. The lowest BCUT2D eigenvalue weighted by Gasteiger charge is -2.11. The standard InChI is InChI=1S/C14H19BrN2O2/c1-3-10(2)17-13(18)8-9-16-14(19)11-4-6-12(15)7-5-11/h4-7,10H,3,8-9H2,1-2H3,(H,16,19)(H,17,18)/t10-/m0/s1. The van der Waals surface area contributed by atoms with Crippen molar-refractivity contribution in [3.8, 4) is 0 Å². The predicted molar refractivity (Wildman–Crippen MR) is 79.0 cm³/mol. The smallest absolute Gasteiger partial charge is 0.251 e. The van der Waals surface area contributed by atoms with E-state index in [1.165, 1.54) is 0 Å². The molecule has 2 amide bonds. The van der Waals surface area contributed by atoms with Crippen LogP contribution in [0.2, 0.25) is 0 Å². The van der Waals surface area contributed by atoms with Crippen molar-refractivity contribution < 1.29 is 9.59 Å². The molecule has 19 heavy (non-hydrogen) atoms. The van der Waals surface area contributed by atoms with Crippen molar-refractivity contribution in [2.75, 3.05) is 6.54 Å². The van der Waals surface area contributed by atoms with Crippen LogP contribution in [0.3, 0.4) is 0 Å². The van der Waals surface area contributed by atoms with Gasteiger partial charge in [-0.1, -0.05) is 22.9 Å².